The molecule has 31 heavy (non-hydrogen) atoms. The molecule has 4 rings (SSSR count). The average Bonchev–Trinajstić information content (AvgIpc) is 2.79. The van der Waals surface area contributed by atoms with E-state index in [4.69, 9.17) is 9.47 Å². The van der Waals surface area contributed by atoms with Gasteiger partial charge in [0.15, 0.2) is 0 Å². The minimum Gasteiger partial charge on any atom is -0.496 e. The zero-order valence-corrected chi connectivity index (χ0v) is 18.2. The van der Waals surface area contributed by atoms with E-state index in [9.17, 15) is 4.79 Å². The molecule has 3 aromatic carbocycles. The van der Waals surface area contributed by atoms with Gasteiger partial charge in [0.25, 0.3) is 5.91 Å². The number of hydrogen-bond donors (Lipinski definition) is 1. The third kappa shape index (κ3) is 5.57. The monoisotopic (exact) mass is 417 g/mol. The number of ether oxygens (including phenoxy) is 2. The van der Waals surface area contributed by atoms with Gasteiger partial charge in [-0.15, -0.1) is 0 Å². The molecular formula is C27H31NO3. The van der Waals surface area contributed by atoms with E-state index in [2.05, 4.69) is 23.5 Å². The van der Waals surface area contributed by atoms with Crippen LogP contribution in [0.25, 0.3) is 10.8 Å². The van der Waals surface area contributed by atoms with Crippen molar-refractivity contribution in [3.05, 3.63) is 71.8 Å². The van der Waals surface area contributed by atoms with Gasteiger partial charge >= 0.3 is 0 Å². The van der Waals surface area contributed by atoms with Crippen LogP contribution in [0.1, 0.15) is 60.9 Å². The van der Waals surface area contributed by atoms with Gasteiger partial charge in [-0.3, -0.25) is 4.79 Å². The first-order valence-corrected chi connectivity index (χ1v) is 11.3. The fourth-order valence-corrected chi connectivity index (χ4v) is 4.32. The van der Waals surface area contributed by atoms with Gasteiger partial charge in [0.05, 0.1) is 7.11 Å². The third-order valence-electron chi connectivity index (χ3n) is 6.10. The van der Waals surface area contributed by atoms with Crippen LogP contribution in [0.5, 0.6) is 11.5 Å². The lowest BCUT2D eigenvalue weighted by molar-refractivity contribution is 0.0930. The van der Waals surface area contributed by atoms with Gasteiger partial charge in [-0.25, -0.2) is 0 Å². The third-order valence-corrected chi connectivity index (χ3v) is 6.10. The quantitative estimate of drug-likeness (QED) is 0.514. The summed E-state index contributed by atoms with van der Waals surface area (Å²) in [6.07, 6.45) is 8.38. The highest BCUT2D eigenvalue weighted by atomic mass is 16.5. The fraction of sp³-hybridized carbons (Fsp3) is 0.370. The van der Waals surface area contributed by atoms with Crippen molar-refractivity contribution in [1.82, 2.24) is 5.32 Å². The minimum absolute atomic E-state index is 0.0137. The Morgan fingerprint density at radius 3 is 2.42 bits per heavy atom. The van der Waals surface area contributed by atoms with Gasteiger partial charge in [0.2, 0.25) is 0 Å². The molecule has 0 saturated heterocycles. The van der Waals surface area contributed by atoms with Gasteiger partial charge in [-0.2, -0.15) is 0 Å². The molecule has 1 aliphatic carbocycles. The Bertz CT molecular complexity index is 1020. The summed E-state index contributed by atoms with van der Waals surface area (Å²) in [7, 11) is 1.64. The van der Waals surface area contributed by atoms with E-state index in [0.717, 1.165) is 35.3 Å². The number of hydrogen-bond acceptors (Lipinski definition) is 3. The van der Waals surface area contributed by atoms with Gasteiger partial charge in [0, 0.05) is 17.2 Å². The highest BCUT2D eigenvalue weighted by Gasteiger charge is 2.17. The van der Waals surface area contributed by atoms with E-state index in [-0.39, 0.29) is 11.9 Å². The molecule has 0 atom stereocenters. The molecule has 3 aromatic rings. The first-order valence-electron chi connectivity index (χ1n) is 11.3. The molecule has 0 aliphatic heterocycles. The van der Waals surface area contributed by atoms with Crippen LogP contribution in [-0.2, 0) is 6.61 Å². The molecule has 0 radical (unpaired) electrons. The molecule has 0 heterocycles. The molecular weight excluding hydrogens is 386 g/mol. The number of nitrogens with one attached hydrogen (secondary N) is 1. The summed E-state index contributed by atoms with van der Waals surface area (Å²) in [6.45, 7) is 0.339. The molecule has 4 heteroatoms. The number of carbonyl (C=O) groups excluding carboxylic acids is 1. The first-order chi connectivity index (χ1) is 15.2. The van der Waals surface area contributed by atoms with E-state index in [1.807, 2.05) is 42.5 Å². The Labute approximate surface area is 184 Å². The summed E-state index contributed by atoms with van der Waals surface area (Å²) in [5.74, 6) is 1.51. The highest BCUT2D eigenvalue weighted by Crippen LogP contribution is 2.25. The summed E-state index contributed by atoms with van der Waals surface area (Å²) in [6, 6.07) is 20.1. The van der Waals surface area contributed by atoms with Crippen LogP contribution >= 0.6 is 0 Å². The average molecular weight is 418 g/mol. The molecule has 162 valence electrons. The van der Waals surface area contributed by atoms with Crippen LogP contribution < -0.4 is 14.8 Å². The number of amides is 1. The molecule has 1 N–H and O–H groups in total. The zero-order chi connectivity index (χ0) is 21.5. The molecule has 0 aromatic heterocycles. The van der Waals surface area contributed by atoms with Crippen LogP contribution in [0.15, 0.2) is 60.7 Å². The summed E-state index contributed by atoms with van der Waals surface area (Å²) >= 11 is 0. The molecule has 1 aliphatic rings. The van der Waals surface area contributed by atoms with Crippen LogP contribution in [0, 0.1) is 0 Å². The second kappa shape index (κ2) is 10.3. The second-order valence-corrected chi connectivity index (χ2v) is 8.34. The lowest BCUT2D eigenvalue weighted by atomic mass is 9.96. The maximum Gasteiger partial charge on any atom is 0.251 e. The van der Waals surface area contributed by atoms with Gasteiger partial charge in [-0.05, 0) is 53.9 Å². The molecule has 1 amide bonds. The Balaban J connectivity index is 1.45. The Morgan fingerprint density at radius 2 is 1.65 bits per heavy atom. The van der Waals surface area contributed by atoms with Crippen LogP contribution in [0.3, 0.4) is 0 Å². The SMILES string of the molecule is COc1ccc(C(=O)NC2CCCCCCC2)cc1COc1ccc2ccccc2c1. The lowest BCUT2D eigenvalue weighted by Gasteiger charge is -2.21. The van der Waals surface area contributed by atoms with Crippen molar-refractivity contribution in [2.45, 2.75) is 57.6 Å². The number of carbonyl (C=O) groups is 1. The zero-order valence-electron chi connectivity index (χ0n) is 18.2. The van der Waals surface area contributed by atoms with Gasteiger partial charge < -0.3 is 14.8 Å². The smallest absolute Gasteiger partial charge is 0.251 e. The summed E-state index contributed by atoms with van der Waals surface area (Å²) in [5.41, 5.74) is 1.51. The fourth-order valence-electron chi connectivity index (χ4n) is 4.32. The summed E-state index contributed by atoms with van der Waals surface area (Å²) in [5, 5.41) is 5.56. The Morgan fingerprint density at radius 1 is 0.903 bits per heavy atom. The van der Waals surface area contributed by atoms with Crippen molar-refractivity contribution in [1.29, 1.82) is 0 Å². The van der Waals surface area contributed by atoms with Gasteiger partial charge in [0.1, 0.15) is 18.1 Å². The molecule has 0 unspecified atom stereocenters. The maximum atomic E-state index is 12.9. The first kappa shape index (κ1) is 21.2. The van der Waals surface area contributed by atoms with Crippen LogP contribution in [0.4, 0.5) is 0 Å². The normalized spacial score (nSPS) is 15.1. The Hall–Kier alpha value is -3.01. The largest absolute Gasteiger partial charge is 0.496 e. The van der Waals surface area contributed by atoms with Crippen molar-refractivity contribution >= 4 is 16.7 Å². The van der Waals surface area contributed by atoms with Crippen molar-refractivity contribution < 1.29 is 14.3 Å². The molecule has 1 fully saturated rings. The van der Waals surface area contributed by atoms with Crippen molar-refractivity contribution in [2.75, 3.05) is 7.11 Å². The predicted molar refractivity (Wildman–Crippen MR) is 125 cm³/mol. The summed E-state index contributed by atoms with van der Waals surface area (Å²) in [4.78, 5) is 12.9. The number of benzene rings is 3. The van der Waals surface area contributed by atoms with E-state index in [1.54, 1.807) is 7.11 Å². The molecule has 4 nitrogen and oxygen atoms in total. The number of methoxy groups -OCH3 is 1. The molecule has 1 saturated carbocycles. The standard InChI is InChI=1S/C27H31NO3/c1-30-26-16-14-22(27(29)28-24-11-5-3-2-4-6-12-24)17-23(26)19-31-25-15-13-20-9-7-8-10-21(20)18-25/h7-10,13-18,24H,2-6,11-12,19H2,1H3,(H,28,29). The van der Waals surface area contributed by atoms with E-state index >= 15 is 0 Å². The van der Waals surface area contributed by atoms with Crippen molar-refractivity contribution in [3.63, 3.8) is 0 Å². The summed E-state index contributed by atoms with van der Waals surface area (Å²) < 4.78 is 11.6. The minimum atomic E-state index is -0.0137. The van der Waals surface area contributed by atoms with Gasteiger partial charge in [-0.1, -0.05) is 62.4 Å². The van der Waals surface area contributed by atoms with E-state index < -0.39 is 0 Å². The molecule has 0 bridgehead atoms. The van der Waals surface area contributed by atoms with E-state index in [0.29, 0.717) is 12.2 Å². The lowest BCUT2D eigenvalue weighted by Crippen LogP contribution is -2.35. The number of fused-ring (bicyclic) bond motifs is 1. The maximum absolute atomic E-state index is 12.9. The number of rotatable bonds is 6. The second-order valence-electron chi connectivity index (χ2n) is 8.34. The van der Waals surface area contributed by atoms with Crippen LogP contribution in [-0.4, -0.2) is 19.1 Å². The Kier molecular flexibility index (Phi) is 7.08. The topological polar surface area (TPSA) is 47.6 Å². The predicted octanol–water partition coefficient (Wildman–Crippen LogP) is 6.27. The van der Waals surface area contributed by atoms with Crippen molar-refractivity contribution in [3.8, 4) is 11.5 Å². The molecule has 0 spiro atoms. The van der Waals surface area contributed by atoms with Crippen LogP contribution in [0.2, 0.25) is 0 Å². The van der Waals surface area contributed by atoms with E-state index in [1.165, 1.54) is 37.5 Å². The highest BCUT2D eigenvalue weighted by molar-refractivity contribution is 5.94. The van der Waals surface area contributed by atoms with Crippen molar-refractivity contribution in [2.24, 2.45) is 0 Å².